The third-order valence-electron chi connectivity index (χ3n) is 3.55. The van der Waals surface area contributed by atoms with Crippen LogP contribution >= 0.6 is 0 Å². The van der Waals surface area contributed by atoms with Crippen LogP contribution in [-0.4, -0.2) is 13.0 Å². The molecule has 0 spiro atoms. The summed E-state index contributed by atoms with van der Waals surface area (Å²) in [6.45, 7) is 0. The van der Waals surface area contributed by atoms with Crippen molar-refractivity contribution in [2.75, 3.05) is 0 Å². The van der Waals surface area contributed by atoms with Gasteiger partial charge in [0, 0.05) is 0 Å². The third kappa shape index (κ3) is 3.43. The Morgan fingerprint density at radius 3 is 2.08 bits per heavy atom. The molecule has 0 aliphatic rings. The Bertz CT molecular complexity index is 1170. The molecule has 0 bridgehead atoms. The summed E-state index contributed by atoms with van der Waals surface area (Å²) < 4.78 is 37.1. The van der Waals surface area contributed by atoms with E-state index in [1.54, 1.807) is 30.3 Å². The van der Waals surface area contributed by atoms with Crippen LogP contribution in [0.3, 0.4) is 0 Å². The average molecular weight is 350 g/mol. The predicted octanol–water partition coefficient (Wildman–Crippen LogP) is 3.62. The molecule has 3 aromatic carbocycles. The Labute approximate surface area is 143 Å². The number of rotatable bonds is 3. The van der Waals surface area contributed by atoms with Gasteiger partial charge in [-0.25, -0.2) is 0 Å². The van der Waals surface area contributed by atoms with Crippen LogP contribution < -0.4 is 4.74 Å². The molecule has 0 unspecified atom stereocenters. The SMILES string of the molecule is N#Cc1ccc(Oc2ccc3cc(S(=O)(=O)O)ccc3c2)cc1C#N. The van der Waals surface area contributed by atoms with Gasteiger partial charge in [0.1, 0.15) is 23.6 Å². The van der Waals surface area contributed by atoms with Gasteiger partial charge in [-0.2, -0.15) is 18.9 Å². The number of nitriles is 2. The second kappa shape index (κ2) is 6.25. The minimum Gasteiger partial charge on any atom is -0.457 e. The lowest BCUT2D eigenvalue weighted by molar-refractivity contribution is 0.483. The zero-order chi connectivity index (χ0) is 18.0. The fourth-order valence-corrected chi connectivity index (χ4v) is 2.85. The lowest BCUT2D eigenvalue weighted by Crippen LogP contribution is -1.97. The molecule has 7 heteroatoms. The van der Waals surface area contributed by atoms with Crippen molar-refractivity contribution in [3.63, 3.8) is 0 Å². The number of benzene rings is 3. The van der Waals surface area contributed by atoms with Gasteiger partial charge in [-0.3, -0.25) is 4.55 Å². The molecule has 25 heavy (non-hydrogen) atoms. The molecule has 0 aromatic heterocycles. The molecule has 122 valence electrons. The minimum absolute atomic E-state index is 0.181. The van der Waals surface area contributed by atoms with Crippen LogP contribution in [0.25, 0.3) is 10.8 Å². The maximum absolute atomic E-state index is 11.2. The van der Waals surface area contributed by atoms with Gasteiger partial charge in [0.05, 0.1) is 16.0 Å². The summed E-state index contributed by atoms with van der Waals surface area (Å²) in [7, 11) is -4.26. The van der Waals surface area contributed by atoms with E-state index in [4.69, 9.17) is 19.8 Å². The number of hydrogen-bond acceptors (Lipinski definition) is 5. The molecule has 0 aliphatic heterocycles. The van der Waals surface area contributed by atoms with Crippen LogP contribution in [0.4, 0.5) is 0 Å². The Kier molecular flexibility index (Phi) is 4.12. The normalized spacial score (nSPS) is 10.8. The topological polar surface area (TPSA) is 111 Å². The smallest absolute Gasteiger partial charge is 0.294 e. The van der Waals surface area contributed by atoms with Gasteiger partial charge in [-0.1, -0.05) is 12.1 Å². The zero-order valence-electron chi connectivity index (χ0n) is 12.7. The minimum atomic E-state index is -4.26. The largest absolute Gasteiger partial charge is 0.457 e. The zero-order valence-corrected chi connectivity index (χ0v) is 13.5. The van der Waals surface area contributed by atoms with Gasteiger partial charge >= 0.3 is 0 Å². The van der Waals surface area contributed by atoms with Crippen LogP contribution in [-0.2, 0) is 10.1 Å². The number of fused-ring (bicyclic) bond motifs is 1. The van der Waals surface area contributed by atoms with Crippen LogP contribution in [0, 0.1) is 22.7 Å². The van der Waals surface area contributed by atoms with Crippen molar-refractivity contribution in [3.8, 4) is 23.6 Å². The van der Waals surface area contributed by atoms with E-state index in [0.717, 1.165) is 5.39 Å². The first kappa shape index (κ1) is 16.5. The van der Waals surface area contributed by atoms with Gasteiger partial charge in [0.25, 0.3) is 10.1 Å². The molecule has 0 aliphatic carbocycles. The molecule has 0 amide bonds. The molecule has 1 N–H and O–H groups in total. The van der Waals surface area contributed by atoms with Crippen molar-refractivity contribution in [3.05, 3.63) is 65.7 Å². The highest BCUT2D eigenvalue weighted by molar-refractivity contribution is 7.85. The number of hydrogen-bond donors (Lipinski definition) is 1. The Hall–Kier alpha value is -3.39. The standard InChI is InChI=1S/C18H10N2O4S/c19-10-14-2-5-17(8-15(14)11-20)24-16-4-1-13-9-18(25(21,22)23)6-3-12(13)7-16/h1-9H,(H,21,22,23). The van der Waals surface area contributed by atoms with E-state index >= 15 is 0 Å². The van der Waals surface area contributed by atoms with Gasteiger partial charge in [-0.15, -0.1) is 0 Å². The summed E-state index contributed by atoms with van der Waals surface area (Å²) in [4.78, 5) is -0.181. The van der Waals surface area contributed by atoms with E-state index in [9.17, 15) is 8.42 Å². The molecule has 3 aromatic rings. The summed E-state index contributed by atoms with van der Waals surface area (Å²) in [6.07, 6.45) is 0. The molecule has 6 nitrogen and oxygen atoms in total. The van der Waals surface area contributed by atoms with Crippen LogP contribution in [0.5, 0.6) is 11.5 Å². The fourth-order valence-electron chi connectivity index (χ4n) is 2.34. The molecular formula is C18H10N2O4S. The van der Waals surface area contributed by atoms with Crippen LogP contribution in [0.1, 0.15) is 11.1 Å². The van der Waals surface area contributed by atoms with Crippen molar-refractivity contribution in [2.24, 2.45) is 0 Å². The van der Waals surface area contributed by atoms with E-state index in [0.29, 0.717) is 16.9 Å². The fraction of sp³-hybridized carbons (Fsp3) is 0. The summed E-state index contributed by atoms with van der Waals surface area (Å²) in [5, 5.41) is 19.3. The van der Waals surface area contributed by atoms with Gasteiger partial charge in [-0.05, 0) is 53.2 Å². The first-order valence-corrected chi connectivity index (χ1v) is 8.48. The molecule has 0 fully saturated rings. The van der Waals surface area contributed by atoms with Crippen LogP contribution in [0.2, 0.25) is 0 Å². The molecule has 0 saturated heterocycles. The van der Waals surface area contributed by atoms with Gasteiger partial charge in [0.15, 0.2) is 0 Å². The van der Waals surface area contributed by atoms with Crippen molar-refractivity contribution in [1.29, 1.82) is 10.5 Å². The lowest BCUT2D eigenvalue weighted by atomic mass is 10.1. The monoisotopic (exact) mass is 350 g/mol. The third-order valence-corrected chi connectivity index (χ3v) is 4.40. The summed E-state index contributed by atoms with van der Waals surface area (Å²) >= 11 is 0. The molecule has 0 heterocycles. The first-order chi connectivity index (χ1) is 11.9. The van der Waals surface area contributed by atoms with Crippen molar-refractivity contribution < 1.29 is 17.7 Å². The lowest BCUT2D eigenvalue weighted by Gasteiger charge is -2.08. The highest BCUT2D eigenvalue weighted by atomic mass is 32.2. The van der Waals surface area contributed by atoms with E-state index < -0.39 is 10.1 Å². The predicted molar refractivity (Wildman–Crippen MR) is 89.7 cm³/mol. The molecule has 0 saturated carbocycles. The molecule has 3 rings (SSSR count). The second-order valence-corrected chi connectivity index (χ2v) is 6.60. The van der Waals surface area contributed by atoms with E-state index in [1.807, 2.05) is 12.1 Å². The summed E-state index contributed by atoms with van der Waals surface area (Å²) in [5.41, 5.74) is 0.490. The molecular weight excluding hydrogens is 340 g/mol. The summed E-state index contributed by atoms with van der Waals surface area (Å²) in [6, 6.07) is 17.7. The van der Waals surface area contributed by atoms with E-state index in [1.165, 1.54) is 24.3 Å². The maximum atomic E-state index is 11.2. The van der Waals surface area contributed by atoms with Crippen LogP contribution in [0.15, 0.2) is 59.5 Å². The Morgan fingerprint density at radius 2 is 1.40 bits per heavy atom. The average Bonchev–Trinajstić information content (AvgIpc) is 2.60. The van der Waals surface area contributed by atoms with Gasteiger partial charge < -0.3 is 4.74 Å². The number of nitrogens with zero attached hydrogens (tertiary/aromatic N) is 2. The second-order valence-electron chi connectivity index (χ2n) is 5.18. The Morgan fingerprint density at radius 1 is 0.800 bits per heavy atom. The quantitative estimate of drug-likeness (QED) is 0.722. The number of ether oxygens (including phenoxy) is 1. The maximum Gasteiger partial charge on any atom is 0.294 e. The van der Waals surface area contributed by atoms with Gasteiger partial charge in [0.2, 0.25) is 0 Å². The summed E-state index contributed by atoms with van der Waals surface area (Å²) in [5.74, 6) is 0.894. The molecule has 0 radical (unpaired) electrons. The van der Waals surface area contributed by atoms with E-state index in [2.05, 4.69) is 0 Å². The first-order valence-electron chi connectivity index (χ1n) is 7.04. The van der Waals surface area contributed by atoms with Crippen molar-refractivity contribution >= 4 is 20.9 Å². The van der Waals surface area contributed by atoms with Crippen molar-refractivity contribution in [1.82, 2.24) is 0 Å². The highest BCUT2D eigenvalue weighted by Gasteiger charge is 2.10. The molecule has 0 atom stereocenters. The highest BCUT2D eigenvalue weighted by Crippen LogP contribution is 2.28. The Balaban J connectivity index is 1.96. The van der Waals surface area contributed by atoms with Crippen molar-refractivity contribution in [2.45, 2.75) is 4.90 Å². The van der Waals surface area contributed by atoms with E-state index in [-0.39, 0.29) is 16.0 Å².